The Balaban J connectivity index is 1.93. The lowest BCUT2D eigenvalue weighted by atomic mass is 9.63. The minimum absolute atomic E-state index is 0.143. The van der Waals surface area contributed by atoms with Crippen molar-refractivity contribution in [3.05, 3.63) is 112 Å². The number of allylic oxidation sites excluding steroid dienone is 8. The summed E-state index contributed by atoms with van der Waals surface area (Å²) in [6.45, 7) is 0. The molecule has 3 N–H and O–H groups in total. The Morgan fingerprint density at radius 3 is 2.50 bits per heavy atom. The minimum atomic E-state index is -0.257. The summed E-state index contributed by atoms with van der Waals surface area (Å²) in [5.41, 5.74) is 14.6. The Bertz CT molecular complexity index is 1080. The first-order valence-corrected chi connectivity index (χ1v) is 10.0. The van der Waals surface area contributed by atoms with E-state index < -0.39 is 0 Å². The van der Waals surface area contributed by atoms with Gasteiger partial charge in [0.2, 0.25) is 0 Å². The second-order valence-electron chi connectivity index (χ2n) is 7.75. The lowest BCUT2D eigenvalue weighted by Crippen LogP contribution is -2.32. The van der Waals surface area contributed by atoms with E-state index in [1.165, 1.54) is 27.8 Å². The summed E-state index contributed by atoms with van der Waals surface area (Å²) in [4.78, 5) is 0. The molecule has 0 saturated carbocycles. The number of hydrogen-bond donors (Lipinski definition) is 2. The first-order chi connectivity index (χ1) is 13.7. The zero-order valence-corrected chi connectivity index (χ0v) is 15.9. The van der Waals surface area contributed by atoms with E-state index in [4.69, 9.17) is 11.1 Å². The smallest absolute Gasteiger partial charge is 0.123 e. The van der Waals surface area contributed by atoms with E-state index in [0.29, 0.717) is 0 Å². The Labute approximate surface area is 166 Å². The fourth-order valence-electron chi connectivity index (χ4n) is 5.31. The molecule has 1 unspecified atom stereocenters. The quantitative estimate of drug-likeness (QED) is 0.536. The average molecular weight is 364 g/mol. The molecule has 5 rings (SSSR count). The van der Waals surface area contributed by atoms with Gasteiger partial charge >= 0.3 is 0 Å². The van der Waals surface area contributed by atoms with Crippen molar-refractivity contribution in [3.8, 4) is 0 Å². The molecule has 2 heteroatoms. The van der Waals surface area contributed by atoms with Crippen LogP contribution in [0.5, 0.6) is 0 Å². The van der Waals surface area contributed by atoms with Crippen molar-refractivity contribution in [3.63, 3.8) is 0 Å². The van der Waals surface area contributed by atoms with Gasteiger partial charge in [-0.3, -0.25) is 5.41 Å². The molecule has 0 saturated heterocycles. The molecule has 1 atom stereocenters. The van der Waals surface area contributed by atoms with E-state index in [0.717, 1.165) is 36.8 Å². The maximum absolute atomic E-state index is 8.19. The van der Waals surface area contributed by atoms with Crippen LogP contribution in [0.1, 0.15) is 47.9 Å². The summed E-state index contributed by atoms with van der Waals surface area (Å²) < 4.78 is 0. The molecular formula is C26H24N2. The van der Waals surface area contributed by atoms with Gasteiger partial charge in [0.1, 0.15) is 5.84 Å². The van der Waals surface area contributed by atoms with E-state index in [-0.39, 0.29) is 11.3 Å². The van der Waals surface area contributed by atoms with E-state index in [2.05, 4.69) is 72.8 Å². The van der Waals surface area contributed by atoms with Crippen molar-refractivity contribution in [2.75, 3.05) is 0 Å². The molecule has 2 aromatic rings. The Morgan fingerprint density at radius 2 is 1.75 bits per heavy atom. The van der Waals surface area contributed by atoms with Crippen LogP contribution in [0, 0.1) is 5.41 Å². The zero-order valence-electron chi connectivity index (χ0n) is 15.9. The minimum Gasteiger partial charge on any atom is -0.384 e. The molecule has 0 spiro atoms. The van der Waals surface area contributed by atoms with Gasteiger partial charge in [0.15, 0.2) is 0 Å². The number of rotatable bonds is 3. The summed E-state index contributed by atoms with van der Waals surface area (Å²) in [5.74, 6) is 0.143. The second-order valence-corrected chi connectivity index (χ2v) is 7.75. The molecule has 2 aromatic carbocycles. The molecule has 28 heavy (non-hydrogen) atoms. The van der Waals surface area contributed by atoms with Crippen molar-refractivity contribution in [2.24, 2.45) is 5.73 Å². The highest BCUT2D eigenvalue weighted by atomic mass is 14.7. The molecular weight excluding hydrogens is 340 g/mol. The van der Waals surface area contributed by atoms with E-state index >= 15 is 0 Å². The van der Waals surface area contributed by atoms with Crippen LogP contribution < -0.4 is 5.73 Å². The molecule has 2 nitrogen and oxygen atoms in total. The molecule has 138 valence electrons. The summed E-state index contributed by atoms with van der Waals surface area (Å²) in [7, 11) is 0. The fraction of sp³-hybridized carbons (Fsp3) is 0.192. The lowest BCUT2D eigenvalue weighted by Gasteiger charge is -2.39. The highest BCUT2D eigenvalue weighted by molar-refractivity contribution is 6.05. The van der Waals surface area contributed by atoms with E-state index in [9.17, 15) is 0 Å². The normalized spacial score (nSPS) is 22.6. The number of amidine groups is 1. The molecule has 0 heterocycles. The van der Waals surface area contributed by atoms with Crippen LogP contribution >= 0.6 is 0 Å². The van der Waals surface area contributed by atoms with Gasteiger partial charge < -0.3 is 5.73 Å². The first kappa shape index (κ1) is 17.0. The lowest BCUT2D eigenvalue weighted by molar-refractivity contribution is 0.644. The fourth-order valence-corrected chi connectivity index (χ4v) is 5.31. The molecule has 0 aromatic heterocycles. The molecule has 0 aliphatic heterocycles. The third-order valence-corrected chi connectivity index (χ3v) is 6.35. The highest BCUT2D eigenvalue weighted by Gasteiger charge is 2.48. The van der Waals surface area contributed by atoms with Crippen LogP contribution in [0.2, 0.25) is 0 Å². The van der Waals surface area contributed by atoms with Crippen LogP contribution in [0.3, 0.4) is 0 Å². The van der Waals surface area contributed by atoms with Gasteiger partial charge in [-0.2, -0.15) is 0 Å². The largest absolute Gasteiger partial charge is 0.384 e. The van der Waals surface area contributed by atoms with Crippen molar-refractivity contribution in [1.82, 2.24) is 0 Å². The van der Waals surface area contributed by atoms with Gasteiger partial charge in [0.25, 0.3) is 0 Å². The van der Waals surface area contributed by atoms with Crippen molar-refractivity contribution < 1.29 is 0 Å². The predicted molar refractivity (Wildman–Crippen MR) is 116 cm³/mol. The third-order valence-electron chi connectivity index (χ3n) is 6.35. The van der Waals surface area contributed by atoms with Crippen LogP contribution in [-0.2, 0) is 5.41 Å². The van der Waals surface area contributed by atoms with Crippen LogP contribution in [0.25, 0.3) is 5.57 Å². The monoisotopic (exact) mass is 364 g/mol. The van der Waals surface area contributed by atoms with Crippen LogP contribution in [0.15, 0.2) is 90.1 Å². The molecule has 3 aliphatic carbocycles. The first-order valence-electron chi connectivity index (χ1n) is 10.0. The predicted octanol–water partition coefficient (Wildman–Crippen LogP) is 5.65. The van der Waals surface area contributed by atoms with Gasteiger partial charge in [-0.1, -0.05) is 84.5 Å². The number of benzene rings is 2. The summed E-state index contributed by atoms with van der Waals surface area (Å²) in [6.07, 6.45) is 15.5. The van der Waals surface area contributed by atoms with Crippen molar-refractivity contribution in [2.45, 2.75) is 31.1 Å². The van der Waals surface area contributed by atoms with Crippen LogP contribution in [-0.4, -0.2) is 5.84 Å². The van der Waals surface area contributed by atoms with Gasteiger partial charge in [0, 0.05) is 5.56 Å². The Hall–Kier alpha value is -3.13. The zero-order chi connectivity index (χ0) is 19.1. The van der Waals surface area contributed by atoms with Gasteiger partial charge in [-0.25, -0.2) is 0 Å². The summed E-state index contributed by atoms with van der Waals surface area (Å²) >= 11 is 0. The average Bonchev–Trinajstić information content (AvgIpc) is 3.06. The highest BCUT2D eigenvalue weighted by Crippen LogP contribution is 2.59. The van der Waals surface area contributed by atoms with Gasteiger partial charge in [0.05, 0.1) is 5.41 Å². The third kappa shape index (κ3) is 2.24. The summed E-state index contributed by atoms with van der Waals surface area (Å²) in [6, 6.07) is 17.2. The number of nitrogen functional groups attached to an aromatic ring is 1. The Kier molecular flexibility index (Phi) is 3.94. The summed E-state index contributed by atoms with van der Waals surface area (Å²) in [5, 5.41) is 8.19. The second kappa shape index (κ2) is 6.49. The standard InChI is InChI=1S/C26H24N2/c27-25(28)21-15-9-17-23-24(21)20-14-7-8-16-22(20)26(23,18-10-3-1-4-11-18)19-12-5-2-6-13-19/h1-5,7,9-12,14-15,17H,6,8,13,16H2,(H3,27,28). The SMILES string of the molecule is N=C(N)c1cccc2c1C1=C(CCC=C1)C2(C1=CC=CCC1)c1ccccc1. The van der Waals surface area contributed by atoms with Crippen molar-refractivity contribution in [1.29, 1.82) is 5.41 Å². The number of nitrogens with one attached hydrogen (secondary N) is 1. The van der Waals surface area contributed by atoms with E-state index in [1.54, 1.807) is 0 Å². The number of hydrogen-bond acceptors (Lipinski definition) is 1. The number of nitrogens with two attached hydrogens (primary N) is 1. The topological polar surface area (TPSA) is 49.9 Å². The molecule has 0 bridgehead atoms. The molecule has 0 radical (unpaired) electrons. The molecule has 3 aliphatic rings. The number of fused-ring (bicyclic) bond motifs is 2. The molecule has 0 amide bonds. The van der Waals surface area contributed by atoms with Crippen molar-refractivity contribution >= 4 is 11.4 Å². The van der Waals surface area contributed by atoms with E-state index in [1.807, 2.05) is 6.07 Å². The van der Waals surface area contributed by atoms with Gasteiger partial charge in [-0.15, -0.1) is 0 Å². The molecule has 0 fully saturated rings. The Morgan fingerprint density at radius 1 is 0.929 bits per heavy atom. The van der Waals surface area contributed by atoms with Crippen LogP contribution in [0.4, 0.5) is 0 Å². The van der Waals surface area contributed by atoms with Gasteiger partial charge in [-0.05, 0) is 53.5 Å². The maximum Gasteiger partial charge on any atom is 0.123 e. The maximum atomic E-state index is 8.19.